The van der Waals surface area contributed by atoms with Gasteiger partial charge in [0.2, 0.25) is 10.0 Å². The molecule has 0 spiro atoms. The van der Waals surface area contributed by atoms with Crippen LogP contribution in [0.1, 0.15) is 18.4 Å². The number of hydrogen-bond acceptors (Lipinski definition) is 6. The van der Waals surface area contributed by atoms with E-state index in [0.29, 0.717) is 25.5 Å². The van der Waals surface area contributed by atoms with Crippen molar-refractivity contribution in [2.24, 2.45) is 0 Å². The first kappa shape index (κ1) is 17.6. The third kappa shape index (κ3) is 3.83. The Morgan fingerprint density at radius 3 is 2.52 bits per heavy atom. The van der Waals surface area contributed by atoms with Gasteiger partial charge in [0.1, 0.15) is 10.7 Å². The van der Waals surface area contributed by atoms with Gasteiger partial charge in [-0.25, -0.2) is 23.1 Å². The monoisotopic (exact) mass is 384 g/mol. The number of rotatable bonds is 6. The highest BCUT2D eigenvalue weighted by molar-refractivity contribution is 7.89. The van der Waals surface area contributed by atoms with Crippen LogP contribution in [0.5, 0.6) is 0 Å². The molecule has 0 amide bonds. The summed E-state index contributed by atoms with van der Waals surface area (Å²) in [6, 6.07) is 8.99. The number of nitrogens with one attached hydrogen (secondary N) is 1. The number of pyridine rings is 2. The first-order valence-electron chi connectivity index (χ1n) is 8.78. The molecule has 1 fully saturated rings. The van der Waals surface area contributed by atoms with Gasteiger partial charge < -0.3 is 5.32 Å². The highest BCUT2D eigenvalue weighted by Crippen LogP contribution is 2.21. The van der Waals surface area contributed by atoms with Crippen LogP contribution < -0.4 is 5.32 Å². The minimum atomic E-state index is -3.42. The van der Waals surface area contributed by atoms with Gasteiger partial charge in [0.05, 0.1) is 0 Å². The quantitative estimate of drug-likeness (QED) is 0.699. The largest absolute Gasteiger partial charge is 0.366 e. The lowest BCUT2D eigenvalue weighted by Crippen LogP contribution is -2.27. The molecule has 4 heterocycles. The van der Waals surface area contributed by atoms with Crippen LogP contribution in [-0.4, -0.2) is 45.6 Å². The minimum absolute atomic E-state index is 0.236. The predicted molar refractivity (Wildman–Crippen MR) is 101 cm³/mol. The van der Waals surface area contributed by atoms with Crippen LogP contribution in [0.25, 0.3) is 5.82 Å². The molecule has 1 saturated heterocycles. The van der Waals surface area contributed by atoms with Crippen LogP contribution in [0, 0.1) is 0 Å². The molecule has 0 radical (unpaired) electrons. The summed E-state index contributed by atoms with van der Waals surface area (Å²) in [6.45, 7) is 1.71. The van der Waals surface area contributed by atoms with E-state index < -0.39 is 10.0 Å². The van der Waals surface area contributed by atoms with Gasteiger partial charge in [0.15, 0.2) is 5.82 Å². The Labute approximate surface area is 157 Å². The van der Waals surface area contributed by atoms with Gasteiger partial charge in [-0.05, 0) is 42.7 Å². The van der Waals surface area contributed by atoms with Crippen LogP contribution in [0.2, 0.25) is 0 Å². The van der Waals surface area contributed by atoms with Gasteiger partial charge in [-0.1, -0.05) is 6.07 Å². The number of sulfonamides is 1. The van der Waals surface area contributed by atoms with E-state index in [1.807, 2.05) is 24.4 Å². The molecule has 0 atom stereocenters. The standard InChI is InChI=1S/C18H20N6O2S/c25-27(26,23-9-1-2-10-23)16-5-6-17(20-14-16)19-12-15-4-7-18(21-13-15)24-11-3-8-22-24/h3-8,11,13-14H,1-2,9-10,12H2,(H,19,20). The highest BCUT2D eigenvalue weighted by atomic mass is 32.2. The summed E-state index contributed by atoms with van der Waals surface area (Å²) in [5.41, 5.74) is 0.987. The van der Waals surface area contributed by atoms with Gasteiger partial charge in [0.25, 0.3) is 0 Å². The van der Waals surface area contributed by atoms with E-state index in [1.54, 1.807) is 29.2 Å². The predicted octanol–water partition coefficient (Wildman–Crippen LogP) is 2.06. The molecule has 0 bridgehead atoms. The van der Waals surface area contributed by atoms with Crippen LogP contribution in [0.3, 0.4) is 0 Å². The molecule has 1 aliphatic heterocycles. The second-order valence-electron chi connectivity index (χ2n) is 6.32. The Morgan fingerprint density at radius 1 is 1.04 bits per heavy atom. The molecule has 27 heavy (non-hydrogen) atoms. The van der Waals surface area contributed by atoms with E-state index in [2.05, 4.69) is 20.4 Å². The van der Waals surface area contributed by atoms with E-state index in [0.717, 1.165) is 24.2 Å². The Morgan fingerprint density at radius 2 is 1.89 bits per heavy atom. The SMILES string of the molecule is O=S(=O)(c1ccc(NCc2ccc(-n3cccn3)nc2)nc1)N1CCCC1. The average Bonchev–Trinajstić information content (AvgIpc) is 3.41. The molecule has 0 aromatic carbocycles. The zero-order valence-electron chi connectivity index (χ0n) is 14.7. The molecule has 0 unspecified atom stereocenters. The summed E-state index contributed by atoms with van der Waals surface area (Å²) in [6.07, 6.45) is 8.56. The number of nitrogens with zero attached hydrogens (tertiary/aromatic N) is 5. The Bertz CT molecular complexity index is 979. The van der Waals surface area contributed by atoms with Crippen molar-refractivity contribution in [1.82, 2.24) is 24.1 Å². The average molecular weight is 384 g/mol. The smallest absolute Gasteiger partial charge is 0.244 e. The third-order valence-electron chi connectivity index (χ3n) is 4.46. The molecule has 4 rings (SSSR count). The first-order valence-corrected chi connectivity index (χ1v) is 10.2. The second kappa shape index (κ2) is 7.45. The fraction of sp³-hybridized carbons (Fsp3) is 0.278. The number of anilines is 1. The Balaban J connectivity index is 1.39. The highest BCUT2D eigenvalue weighted by Gasteiger charge is 2.27. The van der Waals surface area contributed by atoms with Crippen molar-refractivity contribution < 1.29 is 8.42 Å². The van der Waals surface area contributed by atoms with Crippen molar-refractivity contribution in [2.75, 3.05) is 18.4 Å². The van der Waals surface area contributed by atoms with Gasteiger partial charge in [0, 0.05) is 44.4 Å². The second-order valence-corrected chi connectivity index (χ2v) is 8.26. The summed E-state index contributed by atoms with van der Waals surface area (Å²) in [5.74, 6) is 1.37. The van der Waals surface area contributed by atoms with Gasteiger partial charge in [-0.3, -0.25) is 0 Å². The minimum Gasteiger partial charge on any atom is -0.366 e. The lowest BCUT2D eigenvalue weighted by atomic mass is 10.3. The molecule has 1 aliphatic rings. The maximum absolute atomic E-state index is 12.5. The normalized spacial score (nSPS) is 15.1. The van der Waals surface area contributed by atoms with Crippen LogP contribution in [0.15, 0.2) is 60.0 Å². The van der Waals surface area contributed by atoms with Crippen LogP contribution >= 0.6 is 0 Å². The molecule has 0 saturated carbocycles. The van der Waals surface area contributed by atoms with Crippen molar-refractivity contribution in [3.8, 4) is 5.82 Å². The van der Waals surface area contributed by atoms with Crippen molar-refractivity contribution in [2.45, 2.75) is 24.3 Å². The lowest BCUT2D eigenvalue weighted by Gasteiger charge is -2.15. The molecule has 8 nitrogen and oxygen atoms in total. The molecule has 9 heteroatoms. The maximum atomic E-state index is 12.5. The molecule has 140 valence electrons. The molecule has 0 aliphatic carbocycles. The molecular weight excluding hydrogens is 364 g/mol. The summed E-state index contributed by atoms with van der Waals surface area (Å²) >= 11 is 0. The van der Waals surface area contributed by atoms with Crippen molar-refractivity contribution in [1.29, 1.82) is 0 Å². The summed E-state index contributed by atoms with van der Waals surface area (Å²) in [4.78, 5) is 8.85. The zero-order chi connectivity index (χ0) is 18.7. The zero-order valence-corrected chi connectivity index (χ0v) is 15.5. The molecular formula is C18H20N6O2S. The lowest BCUT2D eigenvalue weighted by molar-refractivity contribution is 0.477. The fourth-order valence-electron chi connectivity index (χ4n) is 2.97. The van der Waals surface area contributed by atoms with Gasteiger partial charge in [-0.2, -0.15) is 9.40 Å². The van der Waals surface area contributed by atoms with E-state index in [-0.39, 0.29) is 4.90 Å². The maximum Gasteiger partial charge on any atom is 0.244 e. The Kier molecular flexibility index (Phi) is 4.87. The van der Waals surface area contributed by atoms with E-state index in [4.69, 9.17) is 0 Å². The van der Waals surface area contributed by atoms with Crippen LogP contribution in [-0.2, 0) is 16.6 Å². The van der Waals surface area contributed by atoms with E-state index >= 15 is 0 Å². The molecule has 3 aromatic heterocycles. The molecule has 1 N–H and O–H groups in total. The first-order chi connectivity index (χ1) is 13.1. The van der Waals surface area contributed by atoms with Crippen molar-refractivity contribution >= 4 is 15.8 Å². The summed E-state index contributed by atoms with van der Waals surface area (Å²) in [7, 11) is -3.42. The Hall–Kier alpha value is -2.78. The van der Waals surface area contributed by atoms with Crippen LogP contribution in [0.4, 0.5) is 5.82 Å². The summed E-state index contributed by atoms with van der Waals surface area (Å²) in [5, 5.41) is 7.32. The van der Waals surface area contributed by atoms with Gasteiger partial charge in [-0.15, -0.1) is 0 Å². The number of aromatic nitrogens is 4. The van der Waals surface area contributed by atoms with Gasteiger partial charge >= 0.3 is 0 Å². The third-order valence-corrected chi connectivity index (χ3v) is 6.34. The van der Waals surface area contributed by atoms with E-state index in [1.165, 1.54) is 10.5 Å². The van der Waals surface area contributed by atoms with Crippen molar-refractivity contribution in [3.05, 3.63) is 60.7 Å². The van der Waals surface area contributed by atoms with Crippen molar-refractivity contribution in [3.63, 3.8) is 0 Å². The number of hydrogen-bond donors (Lipinski definition) is 1. The summed E-state index contributed by atoms with van der Waals surface area (Å²) < 4.78 is 28.2. The fourth-order valence-corrected chi connectivity index (χ4v) is 4.43. The molecule has 3 aromatic rings. The van der Waals surface area contributed by atoms with E-state index in [9.17, 15) is 8.42 Å². The topological polar surface area (TPSA) is 93.0 Å².